The van der Waals surface area contributed by atoms with Gasteiger partial charge in [-0.15, -0.1) is 0 Å². The van der Waals surface area contributed by atoms with Crippen LogP contribution in [0.4, 0.5) is 19.0 Å². The minimum Gasteiger partial charge on any atom is -0.369 e. The van der Waals surface area contributed by atoms with Crippen molar-refractivity contribution in [3.8, 4) is 0 Å². The molecule has 0 aromatic carbocycles. The van der Waals surface area contributed by atoms with E-state index in [0.29, 0.717) is 11.0 Å². The van der Waals surface area contributed by atoms with Crippen LogP contribution in [0.3, 0.4) is 0 Å². The highest BCUT2D eigenvalue weighted by molar-refractivity contribution is 9.10. The van der Waals surface area contributed by atoms with E-state index in [-0.39, 0.29) is 20.9 Å². The molecule has 1 aliphatic rings. The van der Waals surface area contributed by atoms with E-state index in [2.05, 4.69) is 20.9 Å². The Morgan fingerprint density at radius 3 is 2.55 bits per heavy atom. The molecule has 0 fully saturated rings. The summed E-state index contributed by atoms with van der Waals surface area (Å²) in [5.74, 6) is -1.12. The van der Waals surface area contributed by atoms with E-state index < -0.39 is 23.9 Å². The number of nitrogens with zero attached hydrogens (tertiary/aromatic N) is 2. The Bertz CT molecular complexity index is 618. The second-order valence-corrected chi connectivity index (χ2v) is 5.30. The molecule has 0 saturated carbocycles. The Morgan fingerprint density at radius 1 is 1.50 bits per heavy atom. The van der Waals surface area contributed by atoms with Gasteiger partial charge in [0.05, 0.1) is 5.56 Å². The van der Waals surface area contributed by atoms with E-state index >= 15 is 0 Å². The fourth-order valence-corrected chi connectivity index (χ4v) is 2.33. The van der Waals surface area contributed by atoms with Gasteiger partial charge in [0.2, 0.25) is 0 Å². The summed E-state index contributed by atoms with van der Waals surface area (Å²) in [7, 11) is 0. The number of aliphatic hydroxyl groups excluding tert-OH is 1. The zero-order valence-electron chi connectivity index (χ0n) is 9.87. The molecular formula is C11H7BrClF3N2O2. The quantitative estimate of drug-likeness (QED) is 0.825. The highest BCUT2D eigenvalue weighted by atomic mass is 79.9. The number of anilines is 1. The monoisotopic (exact) mass is 370 g/mol. The fraction of sp³-hybridized carbons (Fsp3) is 0.273. The van der Waals surface area contributed by atoms with Crippen LogP contribution in [0.1, 0.15) is 12.5 Å². The summed E-state index contributed by atoms with van der Waals surface area (Å²) in [6.07, 6.45) is -5.12. The summed E-state index contributed by atoms with van der Waals surface area (Å²) < 4.78 is 38.2. The molecule has 108 valence electrons. The maximum Gasteiger partial charge on any atom is 0.417 e. The molecule has 0 aliphatic carbocycles. The van der Waals surface area contributed by atoms with Gasteiger partial charge in [-0.05, 0) is 28.9 Å². The molecule has 1 aliphatic heterocycles. The van der Waals surface area contributed by atoms with Crippen molar-refractivity contribution in [3.05, 3.63) is 32.9 Å². The van der Waals surface area contributed by atoms with Crippen molar-refractivity contribution < 1.29 is 23.1 Å². The first-order chi connectivity index (χ1) is 9.14. The highest BCUT2D eigenvalue weighted by Gasteiger charge is 2.39. The average molecular weight is 372 g/mol. The molecule has 1 aromatic rings. The predicted octanol–water partition coefficient (Wildman–Crippen LogP) is 3.04. The van der Waals surface area contributed by atoms with E-state index in [1.165, 1.54) is 6.92 Å². The third-order valence-electron chi connectivity index (χ3n) is 2.78. The molecule has 0 spiro atoms. The van der Waals surface area contributed by atoms with Crippen molar-refractivity contribution in [2.45, 2.75) is 19.3 Å². The Balaban J connectivity index is 2.49. The van der Waals surface area contributed by atoms with Crippen LogP contribution in [0, 0.1) is 0 Å². The van der Waals surface area contributed by atoms with Crippen LogP contribution in [0.25, 0.3) is 0 Å². The largest absolute Gasteiger partial charge is 0.417 e. The normalized spacial score (nSPS) is 20.1. The summed E-state index contributed by atoms with van der Waals surface area (Å²) in [5, 5.41) is 9.62. The number of hydrogen-bond acceptors (Lipinski definition) is 3. The second-order valence-electron chi connectivity index (χ2n) is 4.07. The number of amides is 1. The van der Waals surface area contributed by atoms with Gasteiger partial charge < -0.3 is 5.11 Å². The van der Waals surface area contributed by atoms with Crippen LogP contribution in [-0.4, -0.2) is 22.2 Å². The molecule has 2 heterocycles. The van der Waals surface area contributed by atoms with Gasteiger partial charge in [-0.3, -0.25) is 9.69 Å². The molecule has 0 saturated heterocycles. The maximum absolute atomic E-state index is 12.8. The number of carbonyl (C=O) groups is 1. The third kappa shape index (κ3) is 2.43. The maximum atomic E-state index is 12.8. The number of carbonyl (C=O) groups excluding carboxylic acids is 1. The Labute approximate surface area is 125 Å². The van der Waals surface area contributed by atoms with Gasteiger partial charge in [0.15, 0.2) is 6.23 Å². The summed E-state index contributed by atoms with van der Waals surface area (Å²) in [4.78, 5) is 16.2. The lowest BCUT2D eigenvalue weighted by atomic mass is 10.2. The minimum absolute atomic E-state index is 0.162. The lowest BCUT2D eigenvalue weighted by Crippen LogP contribution is -2.36. The number of aliphatic hydroxyl groups is 1. The molecule has 1 N–H and O–H groups in total. The Kier molecular flexibility index (Phi) is 3.83. The zero-order valence-corrected chi connectivity index (χ0v) is 12.2. The lowest BCUT2D eigenvalue weighted by Gasteiger charge is -2.22. The van der Waals surface area contributed by atoms with Crippen molar-refractivity contribution in [1.82, 2.24) is 4.98 Å². The molecule has 9 heteroatoms. The van der Waals surface area contributed by atoms with Crippen molar-refractivity contribution in [2.75, 3.05) is 4.90 Å². The molecule has 1 unspecified atom stereocenters. The van der Waals surface area contributed by atoms with Crippen molar-refractivity contribution in [1.29, 1.82) is 0 Å². The Hall–Kier alpha value is -1.12. The molecular weight excluding hydrogens is 364 g/mol. The number of halogens is 5. The molecule has 1 atom stereocenters. The van der Waals surface area contributed by atoms with Crippen LogP contribution in [-0.2, 0) is 11.0 Å². The van der Waals surface area contributed by atoms with Crippen LogP contribution >= 0.6 is 27.5 Å². The number of pyridine rings is 1. The van der Waals surface area contributed by atoms with Crippen LogP contribution in [0.5, 0.6) is 0 Å². The third-order valence-corrected chi connectivity index (χ3v) is 3.87. The van der Waals surface area contributed by atoms with Crippen LogP contribution in [0.15, 0.2) is 27.3 Å². The molecule has 0 radical (unpaired) electrons. The van der Waals surface area contributed by atoms with Gasteiger partial charge in [-0.1, -0.05) is 11.6 Å². The SMILES string of the molecule is CC1=C(Cl)C(=O)N(c2cc(C(F)(F)F)c(Br)cn2)C1O. The van der Waals surface area contributed by atoms with Gasteiger partial charge in [-0.2, -0.15) is 13.2 Å². The molecule has 1 aromatic heterocycles. The fourth-order valence-electron chi connectivity index (χ4n) is 1.70. The van der Waals surface area contributed by atoms with Gasteiger partial charge >= 0.3 is 6.18 Å². The van der Waals surface area contributed by atoms with E-state index in [0.717, 1.165) is 6.20 Å². The van der Waals surface area contributed by atoms with Gasteiger partial charge in [0.25, 0.3) is 5.91 Å². The lowest BCUT2D eigenvalue weighted by molar-refractivity contribution is -0.138. The van der Waals surface area contributed by atoms with Crippen LogP contribution in [0.2, 0.25) is 0 Å². The van der Waals surface area contributed by atoms with Gasteiger partial charge in [0.1, 0.15) is 10.9 Å². The molecule has 1 amide bonds. The second kappa shape index (κ2) is 5.01. The number of aromatic nitrogens is 1. The smallest absolute Gasteiger partial charge is 0.369 e. The number of hydrogen-bond donors (Lipinski definition) is 1. The zero-order chi connectivity index (χ0) is 15.2. The summed E-state index contributed by atoms with van der Waals surface area (Å²) in [6, 6.07) is 0.675. The number of alkyl halides is 3. The first kappa shape index (κ1) is 15.3. The first-order valence-corrected chi connectivity index (χ1v) is 6.42. The summed E-state index contributed by atoms with van der Waals surface area (Å²) in [5.41, 5.74) is -0.835. The topological polar surface area (TPSA) is 53.4 Å². The van der Waals surface area contributed by atoms with E-state index in [1.807, 2.05) is 0 Å². The molecule has 0 bridgehead atoms. The molecule has 2 rings (SSSR count). The van der Waals surface area contributed by atoms with Gasteiger partial charge in [0, 0.05) is 16.2 Å². The molecule has 4 nitrogen and oxygen atoms in total. The molecule has 20 heavy (non-hydrogen) atoms. The Morgan fingerprint density at radius 2 is 2.10 bits per heavy atom. The van der Waals surface area contributed by atoms with Crippen molar-refractivity contribution >= 4 is 39.3 Å². The van der Waals surface area contributed by atoms with Crippen molar-refractivity contribution in [2.24, 2.45) is 0 Å². The first-order valence-electron chi connectivity index (χ1n) is 5.25. The summed E-state index contributed by atoms with van der Waals surface area (Å²) in [6.45, 7) is 1.41. The number of rotatable bonds is 1. The minimum atomic E-state index is -4.61. The van der Waals surface area contributed by atoms with Crippen LogP contribution < -0.4 is 4.90 Å². The van der Waals surface area contributed by atoms with E-state index in [1.54, 1.807) is 0 Å². The highest BCUT2D eigenvalue weighted by Crippen LogP contribution is 2.38. The van der Waals surface area contributed by atoms with E-state index in [9.17, 15) is 23.1 Å². The summed E-state index contributed by atoms with van der Waals surface area (Å²) >= 11 is 8.43. The van der Waals surface area contributed by atoms with Crippen molar-refractivity contribution in [3.63, 3.8) is 0 Å². The average Bonchev–Trinajstić information content (AvgIpc) is 2.54. The van der Waals surface area contributed by atoms with E-state index in [4.69, 9.17) is 11.6 Å². The predicted molar refractivity (Wildman–Crippen MR) is 69.0 cm³/mol. The standard InChI is InChI=1S/C11H7BrClF3N2O2/c1-4-8(13)10(20)18(9(4)19)7-2-5(11(14,15)16)6(12)3-17-7/h2-3,9,19H,1H3. The van der Waals surface area contributed by atoms with Gasteiger partial charge in [-0.25, -0.2) is 4.98 Å².